The van der Waals surface area contributed by atoms with Crippen LogP contribution >= 0.6 is 0 Å². The average Bonchev–Trinajstić information content (AvgIpc) is 2.80. The first-order valence-electron chi connectivity index (χ1n) is 10.1. The molecule has 2 nitrogen and oxygen atoms in total. The van der Waals surface area contributed by atoms with Crippen molar-refractivity contribution in [2.75, 3.05) is 0 Å². The summed E-state index contributed by atoms with van der Waals surface area (Å²) >= 11 is 0. The fraction of sp³-hybridized carbons (Fsp3) is 0.818. The lowest BCUT2D eigenvalue weighted by Crippen LogP contribution is -2.53. The highest BCUT2D eigenvalue weighted by molar-refractivity contribution is 5.91. The molecule has 138 valence electrons. The van der Waals surface area contributed by atoms with Crippen LogP contribution in [0.3, 0.4) is 0 Å². The fourth-order valence-electron chi connectivity index (χ4n) is 7.79. The van der Waals surface area contributed by atoms with Crippen LogP contribution in [0, 0.1) is 40.4 Å². The number of allylic oxidation sites excluding steroid dienone is 1. The third-order valence-corrected chi connectivity index (χ3v) is 8.72. The van der Waals surface area contributed by atoms with Gasteiger partial charge in [0.15, 0.2) is 5.78 Å². The third kappa shape index (κ3) is 2.26. The van der Waals surface area contributed by atoms with Gasteiger partial charge in [0.2, 0.25) is 0 Å². The van der Waals surface area contributed by atoms with E-state index >= 15 is 4.39 Å². The molecule has 0 radical (unpaired) electrons. The highest BCUT2D eigenvalue weighted by Gasteiger charge is 2.62. The molecule has 25 heavy (non-hydrogen) atoms. The smallest absolute Gasteiger partial charge is 0.155 e. The van der Waals surface area contributed by atoms with E-state index in [2.05, 4.69) is 20.8 Å². The maximum Gasteiger partial charge on any atom is 0.155 e. The molecular formula is C22H31FO2. The summed E-state index contributed by atoms with van der Waals surface area (Å²) in [5.74, 6) is 2.23. The SMILES string of the molecule is CC(=O)C1C(C)CC2C3CC(F)C4=CC(=O)CCC4(C)C3CCC21C. The van der Waals surface area contributed by atoms with Crippen LogP contribution in [0.15, 0.2) is 11.6 Å². The Labute approximate surface area is 150 Å². The summed E-state index contributed by atoms with van der Waals surface area (Å²) in [5, 5.41) is 0. The predicted molar refractivity (Wildman–Crippen MR) is 95.7 cm³/mol. The summed E-state index contributed by atoms with van der Waals surface area (Å²) in [6, 6.07) is 0. The molecule has 0 amide bonds. The zero-order valence-electron chi connectivity index (χ0n) is 16.0. The van der Waals surface area contributed by atoms with E-state index < -0.39 is 6.17 Å². The highest BCUT2D eigenvalue weighted by Crippen LogP contribution is 2.67. The van der Waals surface area contributed by atoms with Gasteiger partial charge >= 0.3 is 0 Å². The molecule has 0 aromatic heterocycles. The quantitative estimate of drug-likeness (QED) is 0.675. The molecule has 0 heterocycles. The third-order valence-electron chi connectivity index (χ3n) is 8.72. The van der Waals surface area contributed by atoms with Gasteiger partial charge in [0.05, 0.1) is 0 Å². The molecule has 3 fully saturated rings. The Balaban J connectivity index is 1.73. The molecule has 0 spiro atoms. The Morgan fingerprint density at radius 1 is 1.20 bits per heavy atom. The molecule has 0 bridgehead atoms. The number of halogens is 1. The van der Waals surface area contributed by atoms with Crippen molar-refractivity contribution in [3.8, 4) is 0 Å². The number of hydrogen-bond acceptors (Lipinski definition) is 2. The molecular weight excluding hydrogens is 315 g/mol. The maximum absolute atomic E-state index is 15.2. The van der Waals surface area contributed by atoms with Gasteiger partial charge in [0, 0.05) is 12.3 Å². The van der Waals surface area contributed by atoms with E-state index in [-0.39, 0.29) is 22.5 Å². The first-order chi connectivity index (χ1) is 11.7. The summed E-state index contributed by atoms with van der Waals surface area (Å²) in [5.41, 5.74) is 0.659. The van der Waals surface area contributed by atoms with Gasteiger partial charge in [-0.25, -0.2) is 4.39 Å². The fourth-order valence-corrected chi connectivity index (χ4v) is 7.79. The van der Waals surface area contributed by atoms with Crippen molar-refractivity contribution < 1.29 is 14.0 Å². The molecule has 3 saturated carbocycles. The van der Waals surface area contributed by atoms with E-state index in [0.717, 1.165) is 31.3 Å². The number of Topliss-reactive ketones (excluding diaryl/α,β-unsaturated/α-hetero) is 1. The van der Waals surface area contributed by atoms with Gasteiger partial charge in [-0.15, -0.1) is 0 Å². The molecule has 8 unspecified atom stereocenters. The second-order valence-corrected chi connectivity index (χ2v) is 9.91. The van der Waals surface area contributed by atoms with Crippen molar-refractivity contribution in [1.29, 1.82) is 0 Å². The Hall–Kier alpha value is -0.990. The zero-order chi connectivity index (χ0) is 18.1. The maximum atomic E-state index is 15.2. The number of alkyl halides is 1. The van der Waals surface area contributed by atoms with Gasteiger partial charge in [-0.05, 0) is 85.2 Å². The number of hydrogen-bond donors (Lipinski definition) is 0. The van der Waals surface area contributed by atoms with Crippen LogP contribution in [0.4, 0.5) is 4.39 Å². The van der Waals surface area contributed by atoms with E-state index in [1.165, 1.54) is 0 Å². The molecule has 3 heteroatoms. The van der Waals surface area contributed by atoms with Crippen molar-refractivity contribution in [3.63, 3.8) is 0 Å². The standard InChI is InChI=1S/C22H31FO2/c1-12-9-17-15-11-19(23)18-10-14(25)5-7-21(18,3)16(15)6-8-22(17,4)20(12)13(2)24/h10,12,15-17,19-20H,5-9,11H2,1-4H3. The highest BCUT2D eigenvalue weighted by atomic mass is 19.1. The minimum Gasteiger partial charge on any atom is -0.300 e. The van der Waals surface area contributed by atoms with E-state index in [9.17, 15) is 9.59 Å². The summed E-state index contributed by atoms with van der Waals surface area (Å²) in [6.45, 7) is 8.47. The number of carbonyl (C=O) groups is 2. The summed E-state index contributed by atoms with van der Waals surface area (Å²) < 4.78 is 15.2. The van der Waals surface area contributed by atoms with Crippen LogP contribution in [0.2, 0.25) is 0 Å². The lowest BCUT2D eigenvalue weighted by Gasteiger charge is -2.58. The van der Waals surface area contributed by atoms with Crippen LogP contribution in [-0.4, -0.2) is 17.7 Å². The zero-order valence-corrected chi connectivity index (χ0v) is 16.0. The normalized spacial score (nSPS) is 52.0. The van der Waals surface area contributed by atoms with Crippen LogP contribution in [0.5, 0.6) is 0 Å². The lowest BCUT2D eigenvalue weighted by molar-refractivity contribution is -0.130. The Kier molecular flexibility index (Phi) is 3.84. The molecule has 0 aromatic carbocycles. The van der Waals surface area contributed by atoms with Crippen molar-refractivity contribution in [1.82, 2.24) is 0 Å². The van der Waals surface area contributed by atoms with Crippen LogP contribution in [0.1, 0.15) is 66.2 Å². The minimum absolute atomic E-state index is 0.0359. The number of ketones is 2. The topological polar surface area (TPSA) is 34.1 Å². The number of carbonyl (C=O) groups excluding carboxylic acids is 2. The first-order valence-corrected chi connectivity index (χ1v) is 10.1. The van der Waals surface area contributed by atoms with Crippen molar-refractivity contribution in [2.24, 2.45) is 40.4 Å². The van der Waals surface area contributed by atoms with Gasteiger partial charge in [0.25, 0.3) is 0 Å². The largest absolute Gasteiger partial charge is 0.300 e. The minimum atomic E-state index is -0.982. The van der Waals surface area contributed by atoms with Gasteiger partial charge < -0.3 is 0 Å². The van der Waals surface area contributed by atoms with Crippen LogP contribution in [0.25, 0.3) is 0 Å². The lowest BCUT2D eigenvalue weighted by atomic mass is 9.46. The van der Waals surface area contributed by atoms with Crippen molar-refractivity contribution in [2.45, 2.75) is 72.4 Å². The molecule has 0 aromatic rings. The van der Waals surface area contributed by atoms with Gasteiger partial charge in [-0.3, -0.25) is 9.59 Å². The monoisotopic (exact) mass is 346 g/mol. The first kappa shape index (κ1) is 17.4. The summed E-state index contributed by atoms with van der Waals surface area (Å²) in [6.07, 6.45) is 5.76. The Bertz CT molecular complexity index is 652. The van der Waals surface area contributed by atoms with Gasteiger partial charge in [0.1, 0.15) is 12.0 Å². The van der Waals surface area contributed by atoms with E-state index in [1.807, 2.05) is 0 Å². The second kappa shape index (κ2) is 5.50. The molecule has 0 aliphatic heterocycles. The van der Waals surface area contributed by atoms with Gasteiger partial charge in [-0.1, -0.05) is 20.8 Å². The molecule has 4 aliphatic carbocycles. The van der Waals surface area contributed by atoms with E-state index in [0.29, 0.717) is 42.3 Å². The predicted octanol–water partition coefficient (Wildman–Crippen LogP) is 4.92. The number of rotatable bonds is 1. The summed E-state index contributed by atoms with van der Waals surface area (Å²) in [7, 11) is 0. The molecule has 0 saturated heterocycles. The average molecular weight is 346 g/mol. The van der Waals surface area contributed by atoms with Crippen LogP contribution in [-0.2, 0) is 9.59 Å². The summed E-state index contributed by atoms with van der Waals surface area (Å²) in [4.78, 5) is 24.2. The van der Waals surface area contributed by atoms with Crippen molar-refractivity contribution >= 4 is 11.6 Å². The molecule has 0 N–H and O–H groups in total. The molecule has 4 aliphatic rings. The molecule has 4 rings (SSSR count). The van der Waals surface area contributed by atoms with Crippen LogP contribution < -0.4 is 0 Å². The second-order valence-electron chi connectivity index (χ2n) is 9.91. The molecule has 8 atom stereocenters. The Morgan fingerprint density at radius 3 is 2.60 bits per heavy atom. The Morgan fingerprint density at radius 2 is 1.92 bits per heavy atom. The number of fused-ring (bicyclic) bond motifs is 5. The van der Waals surface area contributed by atoms with Crippen molar-refractivity contribution in [3.05, 3.63) is 11.6 Å². The van der Waals surface area contributed by atoms with E-state index in [1.54, 1.807) is 13.0 Å². The van der Waals surface area contributed by atoms with E-state index in [4.69, 9.17) is 0 Å². The van der Waals surface area contributed by atoms with Gasteiger partial charge in [-0.2, -0.15) is 0 Å².